The van der Waals surface area contributed by atoms with E-state index in [-0.39, 0.29) is 0 Å². The molecule has 0 saturated carbocycles. The second-order valence-electron chi connectivity index (χ2n) is 10.6. The number of para-hydroxylation sites is 2. The van der Waals surface area contributed by atoms with E-state index in [1.807, 2.05) is 11.3 Å². The zero-order valence-electron chi connectivity index (χ0n) is 22.5. The standard InChI is InChI=1S/C38H23N3S/c1-3-11-24(12-4-1)35-30-21-20-29-28-16-8-10-18-34(28)42-37(29)36(30)40-38(39-35)25-19-22-33-31(23-25)27-15-7-9-17-32(27)41(33)26-13-5-2-6-14-26/h1-23H. The summed E-state index contributed by atoms with van der Waals surface area (Å²) in [5.41, 5.74) is 7.57. The number of thiophene rings is 1. The van der Waals surface area contributed by atoms with E-state index in [1.165, 1.54) is 42.0 Å². The van der Waals surface area contributed by atoms with E-state index < -0.39 is 0 Å². The minimum absolute atomic E-state index is 0.741. The molecular formula is C38H23N3S. The highest BCUT2D eigenvalue weighted by Gasteiger charge is 2.18. The lowest BCUT2D eigenvalue weighted by atomic mass is 10.0. The summed E-state index contributed by atoms with van der Waals surface area (Å²) in [6.07, 6.45) is 0. The predicted octanol–water partition coefficient (Wildman–Crippen LogP) is 10.4. The molecule has 0 fully saturated rings. The average Bonchev–Trinajstić information content (AvgIpc) is 3.61. The average molecular weight is 554 g/mol. The Kier molecular flexibility index (Phi) is 5.07. The highest BCUT2D eigenvalue weighted by molar-refractivity contribution is 7.26. The van der Waals surface area contributed by atoms with Crippen molar-refractivity contribution in [3.8, 4) is 28.3 Å². The van der Waals surface area contributed by atoms with Crippen molar-refractivity contribution in [2.45, 2.75) is 0 Å². The van der Waals surface area contributed by atoms with Gasteiger partial charge in [-0.2, -0.15) is 0 Å². The maximum absolute atomic E-state index is 5.30. The third-order valence-corrected chi connectivity index (χ3v) is 9.40. The van der Waals surface area contributed by atoms with Crippen molar-refractivity contribution >= 4 is 64.2 Å². The van der Waals surface area contributed by atoms with E-state index in [0.29, 0.717) is 0 Å². The van der Waals surface area contributed by atoms with Crippen molar-refractivity contribution < 1.29 is 0 Å². The van der Waals surface area contributed by atoms with Crippen LogP contribution in [0.15, 0.2) is 140 Å². The van der Waals surface area contributed by atoms with E-state index in [1.54, 1.807) is 0 Å². The third-order valence-electron chi connectivity index (χ3n) is 8.20. The van der Waals surface area contributed by atoms with Crippen LogP contribution in [0.1, 0.15) is 0 Å². The van der Waals surface area contributed by atoms with Crippen LogP contribution in [0.25, 0.3) is 81.2 Å². The maximum Gasteiger partial charge on any atom is 0.160 e. The van der Waals surface area contributed by atoms with Gasteiger partial charge in [0, 0.05) is 48.4 Å². The summed E-state index contributed by atoms with van der Waals surface area (Å²) in [5.74, 6) is 0.741. The van der Waals surface area contributed by atoms with Crippen molar-refractivity contribution in [3.63, 3.8) is 0 Å². The molecule has 0 atom stereocenters. The minimum Gasteiger partial charge on any atom is -0.309 e. The number of aromatic nitrogens is 3. The molecular weight excluding hydrogens is 531 g/mol. The number of fused-ring (bicyclic) bond motifs is 8. The summed E-state index contributed by atoms with van der Waals surface area (Å²) in [5, 5.41) is 6.00. The summed E-state index contributed by atoms with van der Waals surface area (Å²) in [4.78, 5) is 10.5. The van der Waals surface area contributed by atoms with E-state index in [9.17, 15) is 0 Å². The molecule has 0 saturated heterocycles. The van der Waals surface area contributed by atoms with Crippen LogP contribution in [0.5, 0.6) is 0 Å². The number of benzene rings is 6. The van der Waals surface area contributed by atoms with Crippen LogP contribution >= 0.6 is 11.3 Å². The van der Waals surface area contributed by atoms with Gasteiger partial charge in [0.25, 0.3) is 0 Å². The van der Waals surface area contributed by atoms with Crippen LogP contribution in [-0.2, 0) is 0 Å². The Morgan fingerprint density at radius 1 is 0.476 bits per heavy atom. The molecule has 0 radical (unpaired) electrons. The topological polar surface area (TPSA) is 30.7 Å². The van der Waals surface area contributed by atoms with Crippen molar-refractivity contribution in [2.24, 2.45) is 0 Å². The number of rotatable bonds is 3. The second kappa shape index (κ2) is 9.10. The van der Waals surface area contributed by atoms with Crippen LogP contribution in [0, 0.1) is 0 Å². The lowest BCUT2D eigenvalue weighted by Gasteiger charge is -2.11. The molecule has 3 nitrogen and oxygen atoms in total. The zero-order chi connectivity index (χ0) is 27.6. The van der Waals surface area contributed by atoms with E-state index in [2.05, 4.69) is 144 Å². The first-order valence-corrected chi connectivity index (χ1v) is 14.9. The Hall–Kier alpha value is -5.32. The Morgan fingerprint density at radius 3 is 2.02 bits per heavy atom. The van der Waals surface area contributed by atoms with Gasteiger partial charge in [-0.1, -0.05) is 91.0 Å². The Bertz CT molecular complexity index is 2460. The highest BCUT2D eigenvalue weighted by atomic mass is 32.1. The maximum atomic E-state index is 5.30. The monoisotopic (exact) mass is 553 g/mol. The van der Waals surface area contributed by atoms with Gasteiger partial charge in [0.05, 0.1) is 26.9 Å². The van der Waals surface area contributed by atoms with Crippen molar-refractivity contribution in [1.29, 1.82) is 0 Å². The van der Waals surface area contributed by atoms with Gasteiger partial charge in [0.15, 0.2) is 5.82 Å². The fourth-order valence-electron chi connectivity index (χ4n) is 6.29. The molecule has 6 aromatic carbocycles. The fraction of sp³-hybridized carbons (Fsp3) is 0. The van der Waals surface area contributed by atoms with Gasteiger partial charge < -0.3 is 4.57 Å². The quantitative estimate of drug-likeness (QED) is 0.218. The minimum atomic E-state index is 0.741. The first-order valence-electron chi connectivity index (χ1n) is 14.1. The molecule has 9 aromatic rings. The van der Waals surface area contributed by atoms with Gasteiger partial charge in [-0.15, -0.1) is 11.3 Å². The largest absolute Gasteiger partial charge is 0.309 e. The van der Waals surface area contributed by atoms with Crippen molar-refractivity contribution in [1.82, 2.24) is 14.5 Å². The molecule has 0 aliphatic heterocycles. The lowest BCUT2D eigenvalue weighted by molar-refractivity contribution is 1.18. The highest BCUT2D eigenvalue weighted by Crippen LogP contribution is 2.41. The summed E-state index contributed by atoms with van der Waals surface area (Å²) in [6, 6.07) is 49.4. The molecule has 0 amide bonds. The van der Waals surface area contributed by atoms with Gasteiger partial charge in [0.2, 0.25) is 0 Å². The molecule has 0 aliphatic rings. The van der Waals surface area contributed by atoms with Crippen LogP contribution in [0.2, 0.25) is 0 Å². The third kappa shape index (κ3) is 3.46. The Morgan fingerprint density at radius 2 is 1.17 bits per heavy atom. The summed E-state index contributed by atoms with van der Waals surface area (Å²) < 4.78 is 4.82. The normalized spacial score (nSPS) is 11.8. The summed E-state index contributed by atoms with van der Waals surface area (Å²) in [7, 11) is 0. The van der Waals surface area contributed by atoms with Crippen molar-refractivity contribution in [2.75, 3.05) is 0 Å². The second-order valence-corrected chi connectivity index (χ2v) is 11.7. The Labute approximate surface area is 246 Å². The summed E-state index contributed by atoms with van der Waals surface area (Å²) in [6.45, 7) is 0. The molecule has 3 aromatic heterocycles. The molecule has 0 spiro atoms. The fourth-order valence-corrected chi connectivity index (χ4v) is 7.48. The van der Waals surface area contributed by atoms with E-state index in [0.717, 1.165) is 39.2 Å². The van der Waals surface area contributed by atoms with Gasteiger partial charge in [0.1, 0.15) is 0 Å². The van der Waals surface area contributed by atoms with Gasteiger partial charge in [-0.05, 0) is 48.5 Å². The predicted molar refractivity (Wildman–Crippen MR) is 178 cm³/mol. The summed E-state index contributed by atoms with van der Waals surface area (Å²) >= 11 is 1.81. The van der Waals surface area contributed by atoms with Gasteiger partial charge in [-0.25, -0.2) is 9.97 Å². The van der Waals surface area contributed by atoms with Gasteiger partial charge in [-0.3, -0.25) is 0 Å². The Balaban J connectivity index is 1.35. The molecule has 196 valence electrons. The SMILES string of the molecule is c1ccc(-c2nc(-c3ccc4c(c3)c3ccccc3n4-c3ccccc3)nc3c2ccc2c4ccccc4sc23)cc1. The molecule has 0 N–H and O–H groups in total. The van der Waals surface area contributed by atoms with E-state index in [4.69, 9.17) is 9.97 Å². The molecule has 3 heterocycles. The molecule has 0 unspecified atom stereocenters. The molecule has 9 rings (SSSR count). The van der Waals surface area contributed by atoms with Crippen LogP contribution < -0.4 is 0 Å². The van der Waals surface area contributed by atoms with E-state index >= 15 is 0 Å². The molecule has 0 aliphatic carbocycles. The lowest BCUT2D eigenvalue weighted by Crippen LogP contribution is -1.96. The molecule has 42 heavy (non-hydrogen) atoms. The number of hydrogen-bond acceptors (Lipinski definition) is 3. The molecule has 0 bridgehead atoms. The zero-order valence-corrected chi connectivity index (χ0v) is 23.3. The van der Waals surface area contributed by atoms with Crippen molar-refractivity contribution in [3.05, 3.63) is 140 Å². The first-order chi connectivity index (χ1) is 20.8. The van der Waals surface area contributed by atoms with Gasteiger partial charge >= 0.3 is 0 Å². The molecule has 4 heteroatoms. The van der Waals surface area contributed by atoms with Crippen LogP contribution in [0.3, 0.4) is 0 Å². The smallest absolute Gasteiger partial charge is 0.160 e. The number of nitrogens with zero attached hydrogens (tertiary/aromatic N) is 3. The number of hydrogen-bond donors (Lipinski definition) is 0. The van der Waals surface area contributed by atoms with Crippen LogP contribution in [0.4, 0.5) is 0 Å². The van der Waals surface area contributed by atoms with Crippen LogP contribution in [-0.4, -0.2) is 14.5 Å². The first kappa shape index (κ1) is 23.4.